The second-order valence-corrected chi connectivity index (χ2v) is 11.1. The fourth-order valence-electron chi connectivity index (χ4n) is 8.93. The van der Waals surface area contributed by atoms with Gasteiger partial charge in [-0.05, 0) is 97.8 Å². The Morgan fingerprint density at radius 3 is 2.44 bits per heavy atom. The molecular weight excluding hydrogens is 334 g/mol. The van der Waals surface area contributed by atoms with Gasteiger partial charge in [0.1, 0.15) is 6.04 Å². The van der Waals surface area contributed by atoms with Crippen LogP contribution in [0.25, 0.3) is 0 Å². The second kappa shape index (κ2) is 7.04. The molecule has 2 N–H and O–H groups in total. The summed E-state index contributed by atoms with van der Waals surface area (Å²) in [4.78, 5) is 11.9. The van der Waals surface area contributed by atoms with Crippen LogP contribution >= 0.6 is 0 Å². The van der Waals surface area contributed by atoms with E-state index in [1.807, 2.05) is 0 Å². The Kier molecular flexibility index (Phi) is 5.15. The molecule has 1 aliphatic heterocycles. The number of rotatable bonds is 4. The molecule has 1 saturated heterocycles. The number of hydrogen-bond donors (Lipinski definition) is 2. The van der Waals surface area contributed by atoms with E-state index in [0.717, 1.165) is 42.6 Å². The van der Waals surface area contributed by atoms with E-state index in [1.54, 1.807) is 0 Å². The lowest BCUT2D eigenvalue weighted by atomic mass is 9.44. The van der Waals surface area contributed by atoms with Crippen molar-refractivity contribution in [1.82, 2.24) is 5.32 Å². The molecule has 3 saturated carbocycles. The van der Waals surface area contributed by atoms with Gasteiger partial charge in [0, 0.05) is 0 Å². The Balaban J connectivity index is 1.58. The van der Waals surface area contributed by atoms with Crippen molar-refractivity contribution in [3.05, 3.63) is 0 Å². The third-order valence-electron chi connectivity index (χ3n) is 10.1. The molecule has 154 valence electrons. The molecule has 4 aliphatic rings. The molecule has 0 radical (unpaired) electrons. The largest absolute Gasteiger partial charge is 0.480 e. The molecule has 2 unspecified atom stereocenters. The molecule has 4 fully saturated rings. The second-order valence-electron chi connectivity index (χ2n) is 11.1. The first-order valence-electron chi connectivity index (χ1n) is 11.8. The fraction of sp³-hybridized carbons (Fsp3) is 0.958. The van der Waals surface area contributed by atoms with Crippen LogP contribution in [0, 0.1) is 46.3 Å². The summed E-state index contributed by atoms with van der Waals surface area (Å²) in [6.07, 6.45) is 11.8. The molecule has 3 aliphatic carbocycles. The van der Waals surface area contributed by atoms with Crippen LogP contribution in [0.15, 0.2) is 0 Å². The molecule has 27 heavy (non-hydrogen) atoms. The minimum absolute atomic E-state index is 0.228. The number of nitrogens with one attached hydrogen (secondary N) is 1. The molecule has 3 nitrogen and oxygen atoms in total. The lowest BCUT2D eigenvalue weighted by Crippen LogP contribution is -2.62. The number of carbonyl (C=O) groups is 1. The standard InChI is InChI=1S/C24H41NO2/c1-5-6-15(2)17-9-10-18-16-7-8-20-21(22(26)27)25-14-13-24(20,4)19(16)11-12-23(17,18)3/h15-21,25H,5-14H2,1-4H3,(H,26,27)/t15-,16+,17-,18+,19+,20?,21?,23-,24-/m1/s1. The minimum atomic E-state index is -0.626. The van der Waals surface area contributed by atoms with E-state index in [2.05, 4.69) is 33.0 Å². The van der Waals surface area contributed by atoms with E-state index < -0.39 is 5.97 Å². The summed E-state index contributed by atoms with van der Waals surface area (Å²) in [5.41, 5.74) is 0.768. The van der Waals surface area contributed by atoms with E-state index in [-0.39, 0.29) is 11.5 Å². The maximum atomic E-state index is 11.9. The van der Waals surface area contributed by atoms with Gasteiger partial charge in [0.15, 0.2) is 0 Å². The van der Waals surface area contributed by atoms with E-state index in [4.69, 9.17) is 0 Å². The molecular formula is C24H41NO2. The van der Waals surface area contributed by atoms with Crippen molar-refractivity contribution in [3.8, 4) is 0 Å². The predicted molar refractivity (Wildman–Crippen MR) is 109 cm³/mol. The monoisotopic (exact) mass is 375 g/mol. The Labute approximate surface area is 166 Å². The highest BCUT2D eigenvalue weighted by molar-refractivity contribution is 5.74. The van der Waals surface area contributed by atoms with Crippen LogP contribution in [0.4, 0.5) is 0 Å². The van der Waals surface area contributed by atoms with Gasteiger partial charge in [0.05, 0.1) is 0 Å². The zero-order valence-corrected chi connectivity index (χ0v) is 18.0. The van der Waals surface area contributed by atoms with Gasteiger partial charge >= 0.3 is 5.97 Å². The number of aliphatic carboxylic acids is 1. The van der Waals surface area contributed by atoms with Gasteiger partial charge in [0.25, 0.3) is 0 Å². The Bertz CT molecular complexity index is 577. The number of fused-ring (bicyclic) bond motifs is 5. The number of carboxylic acids is 1. The van der Waals surface area contributed by atoms with Gasteiger partial charge < -0.3 is 10.4 Å². The molecule has 3 heteroatoms. The Hall–Kier alpha value is -0.570. The van der Waals surface area contributed by atoms with Crippen LogP contribution in [-0.2, 0) is 4.79 Å². The lowest BCUT2D eigenvalue weighted by molar-refractivity contribution is -0.155. The van der Waals surface area contributed by atoms with Crippen LogP contribution in [0.2, 0.25) is 0 Å². The first-order valence-corrected chi connectivity index (χ1v) is 11.8. The molecule has 0 bridgehead atoms. The normalized spacial score (nSPS) is 50.4. The van der Waals surface area contributed by atoms with Crippen LogP contribution in [0.3, 0.4) is 0 Å². The topological polar surface area (TPSA) is 49.3 Å². The predicted octanol–water partition coefficient (Wildman–Crippen LogP) is 5.34. The van der Waals surface area contributed by atoms with Crippen molar-refractivity contribution in [2.45, 2.75) is 91.5 Å². The number of carboxylic acid groups (broad SMARTS) is 1. The van der Waals surface area contributed by atoms with Gasteiger partial charge in [-0.3, -0.25) is 4.79 Å². The Morgan fingerprint density at radius 2 is 1.74 bits per heavy atom. The summed E-state index contributed by atoms with van der Waals surface area (Å²) in [5.74, 6) is 3.95. The average molecular weight is 376 g/mol. The van der Waals surface area contributed by atoms with E-state index in [0.29, 0.717) is 11.3 Å². The summed E-state index contributed by atoms with van der Waals surface area (Å²) in [5, 5.41) is 13.1. The van der Waals surface area contributed by atoms with Gasteiger partial charge in [-0.1, -0.05) is 40.5 Å². The highest BCUT2D eigenvalue weighted by Gasteiger charge is 2.61. The molecule has 4 rings (SSSR count). The first kappa shape index (κ1) is 19.7. The van der Waals surface area contributed by atoms with Gasteiger partial charge in [-0.25, -0.2) is 0 Å². The van der Waals surface area contributed by atoms with E-state index >= 15 is 0 Å². The molecule has 0 aromatic rings. The zero-order valence-electron chi connectivity index (χ0n) is 18.0. The van der Waals surface area contributed by atoms with Crippen LogP contribution in [0.1, 0.15) is 85.5 Å². The third-order valence-corrected chi connectivity index (χ3v) is 10.1. The zero-order chi connectivity index (χ0) is 19.4. The SMILES string of the molecule is CCC[C@@H](C)[C@H]1CC[C@H]2[C@@H]3CCC4C(C(=O)O)NCC[C@]4(C)[C@H]3CC[C@]12C. The van der Waals surface area contributed by atoms with Crippen molar-refractivity contribution >= 4 is 5.97 Å². The molecule has 0 aromatic carbocycles. The maximum absolute atomic E-state index is 11.9. The summed E-state index contributed by atoms with van der Waals surface area (Å²) >= 11 is 0. The molecule has 1 heterocycles. The number of piperidine rings is 1. The van der Waals surface area contributed by atoms with Gasteiger partial charge in [-0.2, -0.15) is 0 Å². The lowest BCUT2D eigenvalue weighted by Gasteiger charge is -2.61. The van der Waals surface area contributed by atoms with Crippen LogP contribution in [-0.4, -0.2) is 23.7 Å². The highest BCUT2D eigenvalue weighted by Crippen LogP contribution is 2.67. The van der Waals surface area contributed by atoms with Crippen molar-refractivity contribution in [1.29, 1.82) is 0 Å². The first-order chi connectivity index (χ1) is 12.8. The third kappa shape index (κ3) is 2.90. The molecule has 9 atom stereocenters. The van der Waals surface area contributed by atoms with Crippen LogP contribution in [0.5, 0.6) is 0 Å². The summed E-state index contributed by atoms with van der Waals surface area (Å²) in [6.45, 7) is 10.8. The number of hydrogen-bond acceptors (Lipinski definition) is 2. The average Bonchev–Trinajstić information content (AvgIpc) is 2.98. The quantitative estimate of drug-likeness (QED) is 0.697. The Morgan fingerprint density at radius 1 is 1.04 bits per heavy atom. The highest BCUT2D eigenvalue weighted by atomic mass is 16.4. The summed E-state index contributed by atoms with van der Waals surface area (Å²) in [6, 6.07) is -0.320. The van der Waals surface area contributed by atoms with E-state index in [1.165, 1.54) is 51.4 Å². The van der Waals surface area contributed by atoms with Gasteiger partial charge in [-0.15, -0.1) is 0 Å². The molecule has 0 spiro atoms. The van der Waals surface area contributed by atoms with Crippen molar-refractivity contribution in [3.63, 3.8) is 0 Å². The van der Waals surface area contributed by atoms with Crippen molar-refractivity contribution in [2.75, 3.05) is 6.54 Å². The fourth-order valence-corrected chi connectivity index (χ4v) is 8.93. The minimum Gasteiger partial charge on any atom is -0.480 e. The molecule has 0 aromatic heterocycles. The van der Waals surface area contributed by atoms with E-state index in [9.17, 15) is 9.90 Å². The van der Waals surface area contributed by atoms with Crippen LogP contribution < -0.4 is 5.32 Å². The van der Waals surface area contributed by atoms with Gasteiger partial charge in [0.2, 0.25) is 0 Å². The van der Waals surface area contributed by atoms with Crippen molar-refractivity contribution < 1.29 is 9.90 Å². The summed E-state index contributed by atoms with van der Waals surface area (Å²) in [7, 11) is 0. The summed E-state index contributed by atoms with van der Waals surface area (Å²) < 4.78 is 0. The maximum Gasteiger partial charge on any atom is 0.321 e. The molecule has 0 amide bonds. The van der Waals surface area contributed by atoms with Crippen molar-refractivity contribution in [2.24, 2.45) is 46.3 Å². The smallest absolute Gasteiger partial charge is 0.321 e.